The van der Waals surface area contributed by atoms with Crippen molar-refractivity contribution in [2.45, 2.75) is 0 Å². The van der Waals surface area contributed by atoms with Crippen LogP contribution in [0.2, 0.25) is 0 Å². The molecule has 5 heteroatoms. The van der Waals surface area contributed by atoms with Crippen molar-refractivity contribution in [2.75, 3.05) is 26.6 Å². The van der Waals surface area contributed by atoms with Crippen LogP contribution >= 0.6 is 11.3 Å². The first-order chi connectivity index (χ1) is 8.28. The van der Waals surface area contributed by atoms with Crippen molar-refractivity contribution in [3.8, 4) is 21.9 Å². The minimum atomic E-state index is 0.781. The van der Waals surface area contributed by atoms with E-state index in [4.69, 9.17) is 9.47 Å². The van der Waals surface area contributed by atoms with E-state index in [-0.39, 0.29) is 0 Å². The third-order valence-electron chi connectivity index (χ3n) is 2.39. The molecule has 17 heavy (non-hydrogen) atoms. The zero-order valence-corrected chi connectivity index (χ0v) is 10.8. The molecule has 1 aromatic heterocycles. The molecule has 0 saturated heterocycles. The lowest BCUT2D eigenvalue weighted by atomic mass is 10.1. The van der Waals surface area contributed by atoms with Crippen LogP contribution in [0.3, 0.4) is 0 Å². The molecule has 0 amide bonds. The van der Waals surface area contributed by atoms with Gasteiger partial charge in [0.05, 0.1) is 19.1 Å². The molecule has 4 nitrogen and oxygen atoms in total. The number of benzene rings is 1. The molecule has 0 spiro atoms. The highest BCUT2D eigenvalue weighted by Crippen LogP contribution is 2.37. The molecule has 0 radical (unpaired) electrons. The number of nitrogens with zero attached hydrogens (tertiary/aromatic N) is 1. The number of hydrogen-bond donors (Lipinski definition) is 1. The van der Waals surface area contributed by atoms with Crippen molar-refractivity contribution in [3.63, 3.8) is 0 Å². The molecule has 2 aromatic rings. The number of methoxy groups -OCH3 is 2. The Morgan fingerprint density at radius 2 is 2.06 bits per heavy atom. The van der Waals surface area contributed by atoms with Gasteiger partial charge in [0.2, 0.25) is 0 Å². The second-order valence-corrected chi connectivity index (χ2v) is 4.38. The van der Waals surface area contributed by atoms with E-state index in [2.05, 4.69) is 10.3 Å². The molecule has 0 atom stereocenters. The average Bonchev–Trinajstić information content (AvgIpc) is 2.86. The molecule has 0 aliphatic carbocycles. The van der Waals surface area contributed by atoms with Crippen molar-refractivity contribution in [2.24, 2.45) is 0 Å². The van der Waals surface area contributed by atoms with Gasteiger partial charge < -0.3 is 14.8 Å². The molecule has 0 fully saturated rings. The lowest BCUT2D eigenvalue weighted by Crippen LogP contribution is -1.89. The third-order valence-corrected chi connectivity index (χ3v) is 3.44. The molecule has 0 aliphatic heterocycles. The highest BCUT2D eigenvalue weighted by Gasteiger charge is 2.10. The Morgan fingerprint density at radius 1 is 1.24 bits per heavy atom. The molecule has 0 unspecified atom stereocenters. The number of rotatable bonds is 4. The third kappa shape index (κ3) is 2.34. The summed E-state index contributed by atoms with van der Waals surface area (Å²) in [5.74, 6) is 1.57. The Balaban J connectivity index is 2.43. The molecular weight excluding hydrogens is 236 g/mol. The van der Waals surface area contributed by atoms with Gasteiger partial charge in [0, 0.05) is 24.9 Å². The predicted octanol–water partition coefficient (Wildman–Crippen LogP) is 2.87. The maximum atomic E-state index is 5.36. The summed E-state index contributed by atoms with van der Waals surface area (Å²) in [5, 5.41) is 3.91. The standard InChI is InChI=1S/C12H14N2O2S/c1-13-12-14-7-11(17-12)9-5-4-8(15-2)6-10(9)16-3/h4-7H,1-3H3,(H,13,14). The molecule has 90 valence electrons. The number of thiazole rings is 1. The van der Waals surface area contributed by atoms with Gasteiger partial charge in [-0.3, -0.25) is 0 Å². The van der Waals surface area contributed by atoms with E-state index in [0.717, 1.165) is 27.1 Å². The lowest BCUT2D eigenvalue weighted by molar-refractivity contribution is 0.395. The van der Waals surface area contributed by atoms with E-state index < -0.39 is 0 Å². The second-order valence-electron chi connectivity index (χ2n) is 3.35. The predicted molar refractivity (Wildman–Crippen MR) is 70.2 cm³/mol. The van der Waals surface area contributed by atoms with Crippen molar-refractivity contribution in [3.05, 3.63) is 24.4 Å². The quantitative estimate of drug-likeness (QED) is 0.906. The Kier molecular flexibility index (Phi) is 3.49. The van der Waals surface area contributed by atoms with Gasteiger partial charge in [0.15, 0.2) is 5.13 Å². The zero-order chi connectivity index (χ0) is 12.3. The van der Waals surface area contributed by atoms with Crippen LogP contribution in [0.15, 0.2) is 24.4 Å². The summed E-state index contributed by atoms with van der Waals surface area (Å²) in [6, 6.07) is 5.76. The van der Waals surface area contributed by atoms with E-state index in [1.807, 2.05) is 31.4 Å². The minimum absolute atomic E-state index is 0.781. The Morgan fingerprint density at radius 3 is 2.65 bits per heavy atom. The average molecular weight is 250 g/mol. The second kappa shape index (κ2) is 5.05. The number of ether oxygens (including phenoxy) is 2. The topological polar surface area (TPSA) is 43.4 Å². The first-order valence-electron chi connectivity index (χ1n) is 5.14. The van der Waals surface area contributed by atoms with Crippen LogP contribution < -0.4 is 14.8 Å². The summed E-state index contributed by atoms with van der Waals surface area (Å²) in [6.07, 6.45) is 1.83. The van der Waals surface area contributed by atoms with Gasteiger partial charge in [0.1, 0.15) is 11.5 Å². The normalized spacial score (nSPS) is 10.1. The van der Waals surface area contributed by atoms with Gasteiger partial charge in [-0.2, -0.15) is 0 Å². The maximum Gasteiger partial charge on any atom is 0.182 e. The molecular formula is C12H14N2O2S. The van der Waals surface area contributed by atoms with Gasteiger partial charge in [-0.05, 0) is 12.1 Å². The summed E-state index contributed by atoms with van der Waals surface area (Å²) in [5.41, 5.74) is 1.02. The van der Waals surface area contributed by atoms with Crippen molar-refractivity contribution < 1.29 is 9.47 Å². The van der Waals surface area contributed by atoms with Crippen molar-refractivity contribution >= 4 is 16.5 Å². The van der Waals surface area contributed by atoms with E-state index in [1.54, 1.807) is 25.6 Å². The van der Waals surface area contributed by atoms with Crippen LogP contribution in [0.25, 0.3) is 10.4 Å². The van der Waals surface area contributed by atoms with Gasteiger partial charge in [-0.1, -0.05) is 11.3 Å². The van der Waals surface area contributed by atoms with Gasteiger partial charge in [-0.15, -0.1) is 0 Å². The van der Waals surface area contributed by atoms with E-state index >= 15 is 0 Å². The number of nitrogens with one attached hydrogen (secondary N) is 1. The SMILES string of the molecule is CNc1ncc(-c2ccc(OC)cc2OC)s1. The van der Waals surface area contributed by atoms with Gasteiger partial charge in [-0.25, -0.2) is 4.98 Å². The summed E-state index contributed by atoms with van der Waals surface area (Å²) in [6.45, 7) is 0. The fraction of sp³-hybridized carbons (Fsp3) is 0.250. The first-order valence-corrected chi connectivity index (χ1v) is 5.96. The Hall–Kier alpha value is -1.75. The van der Waals surface area contributed by atoms with Crippen molar-refractivity contribution in [1.82, 2.24) is 4.98 Å². The highest BCUT2D eigenvalue weighted by molar-refractivity contribution is 7.18. The summed E-state index contributed by atoms with van der Waals surface area (Å²) in [7, 11) is 5.15. The van der Waals surface area contributed by atoms with Crippen molar-refractivity contribution in [1.29, 1.82) is 0 Å². The number of anilines is 1. The molecule has 2 rings (SSSR count). The molecule has 0 bridgehead atoms. The molecule has 1 aromatic carbocycles. The van der Waals surface area contributed by atoms with Crippen LogP contribution in [0.5, 0.6) is 11.5 Å². The Bertz CT molecular complexity index is 511. The highest BCUT2D eigenvalue weighted by atomic mass is 32.1. The maximum absolute atomic E-state index is 5.36. The van der Waals surface area contributed by atoms with Crippen LogP contribution in [0.1, 0.15) is 0 Å². The smallest absolute Gasteiger partial charge is 0.182 e. The zero-order valence-electron chi connectivity index (χ0n) is 9.98. The Labute approximate surface area is 104 Å². The van der Waals surface area contributed by atoms with E-state index in [9.17, 15) is 0 Å². The lowest BCUT2D eigenvalue weighted by Gasteiger charge is -2.08. The molecule has 1 N–H and O–H groups in total. The van der Waals surface area contributed by atoms with E-state index in [0.29, 0.717) is 0 Å². The van der Waals surface area contributed by atoms with Gasteiger partial charge >= 0.3 is 0 Å². The molecule has 1 heterocycles. The summed E-state index contributed by atoms with van der Waals surface area (Å²) < 4.78 is 10.5. The summed E-state index contributed by atoms with van der Waals surface area (Å²) in [4.78, 5) is 5.31. The van der Waals surface area contributed by atoms with Gasteiger partial charge in [0.25, 0.3) is 0 Å². The monoisotopic (exact) mass is 250 g/mol. The number of aromatic nitrogens is 1. The fourth-order valence-corrected chi connectivity index (χ4v) is 2.32. The van der Waals surface area contributed by atoms with Crippen LogP contribution in [0, 0.1) is 0 Å². The first kappa shape index (κ1) is 11.7. The largest absolute Gasteiger partial charge is 0.497 e. The summed E-state index contributed by atoms with van der Waals surface area (Å²) >= 11 is 1.59. The van der Waals surface area contributed by atoms with Crippen LogP contribution in [-0.2, 0) is 0 Å². The molecule has 0 saturated carbocycles. The minimum Gasteiger partial charge on any atom is -0.497 e. The molecule has 0 aliphatic rings. The number of hydrogen-bond acceptors (Lipinski definition) is 5. The van der Waals surface area contributed by atoms with Crippen LogP contribution in [0.4, 0.5) is 5.13 Å². The fourth-order valence-electron chi connectivity index (χ4n) is 1.52. The van der Waals surface area contributed by atoms with E-state index in [1.165, 1.54) is 0 Å². The van der Waals surface area contributed by atoms with Crippen LogP contribution in [-0.4, -0.2) is 26.3 Å².